The highest BCUT2D eigenvalue weighted by Gasteiger charge is 2.33. The number of esters is 1. The van der Waals surface area contributed by atoms with E-state index >= 15 is 0 Å². The Morgan fingerprint density at radius 1 is 1.37 bits per heavy atom. The van der Waals surface area contributed by atoms with Gasteiger partial charge in [-0.2, -0.15) is 0 Å². The van der Waals surface area contributed by atoms with Gasteiger partial charge in [0.15, 0.2) is 0 Å². The lowest BCUT2D eigenvalue weighted by molar-refractivity contribution is -0.148. The molecule has 0 saturated carbocycles. The first kappa shape index (κ1) is 20.4. The fourth-order valence-corrected chi connectivity index (χ4v) is 2.74. The van der Waals surface area contributed by atoms with Gasteiger partial charge in [-0.3, -0.25) is 24.1 Å². The van der Waals surface area contributed by atoms with Gasteiger partial charge in [0.2, 0.25) is 17.7 Å². The topological polar surface area (TPSA) is 131 Å². The Balaban J connectivity index is 1.98. The van der Waals surface area contributed by atoms with E-state index in [0.717, 1.165) is 0 Å². The van der Waals surface area contributed by atoms with Crippen molar-refractivity contribution in [3.63, 3.8) is 0 Å². The Hall–Kier alpha value is -2.94. The van der Waals surface area contributed by atoms with Crippen molar-refractivity contribution < 1.29 is 23.9 Å². The lowest BCUT2D eigenvalue weighted by atomic mass is 10.1. The normalized spacial score (nSPS) is 17.1. The molecule has 2 rings (SSSR count). The molecule has 0 spiro atoms. The van der Waals surface area contributed by atoms with Crippen molar-refractivity contribution in [3.05, 3.63) is 29.8 Å². The van der Waals surface area contributed by atoms with E-state index < -0.39 is 17.9 Å². The van der Waals surface area contributed by atoms with Crippen molar-refractivity contribution in [1.29, 1.82) is 0 Å². The molecule has 0 aliphatic carbocycles. The van der Waals surface area contributed by atoms with Gasteiger partial charge in [-0.15, -0.1) is 0 Å². The molecule has 1 aliphatic rings. The summed E-state index contributed by atoms with van der Waals surface area (Å²) < 4.78 is 5.04. The highest BCUT2D eigenvalue weighted by atomic mass is 16.5. The predicted molar refractivity (Wildman–Crippen MR) is 97.8 cm³/mol. The third kappa shape index (κ3) is 6.07. The minimum absolute atomic E-state index is 0.0695. The number of amides is 3. The van der Waals surface area contributed by atoms with E-state index in [1.165, 1.54) is 6.07 Å². The maximum absolute atomic E-state index is 12.4. The van der Waals surface area contributed by atoms with Gasteiger partial charge in [-0.25, -0.2) is 0 Å². The standard InChI is InChI=1S/C18H24N4O5/c1-2-8-27-16(24)10-14-18(26)20-6-7-22(14)11-15(23)21-13-5-3-4-12(9-13)17(19)25/h3-5,9,14H,2,6-8,10-11H2,1H3,(H2,19,25)(H,20,26)(H,21,23). The smallest absolute Gasteiger partial charge is 0.307 e. The molecule has 1 aromatic carbocycles. The first-order chi connectivity index (χ1) is 12.9. The molecule has 0 bridgehead atoms. The zero-order valence-electron chi connectivity index (χ0n) is 15.2. The number of nitrogens with one attached hydrogen (secondary N) is 2. The summed E-state index contributed by atoms with van der Waals surface area (Å²) in [5.41, 5.74) is 5.94. The van der Waals surface area contributed by atoms with E-state index in [1.54, 1.807) is 23.1 Å². The van der Waals surface area contributed by atoms with Crippen LogP contribution in [-0.4, -0.2) is 60.9 Å². The second-order valence-corrected chi connectivity index (χ2v) is 6.20. The summed E-state index contributed by atoms with van der Waals surface area (Å²) in [6.45, 7) is 2.93. The van der Waals surface area contributed by atoms with E-state index in [0.29, 0.717) is 31.8 Å². The third-order valence-corrected chi connectivity index (χ3v) is 4.05. The monoisotopic (exact) mass is 376 g/mol. The van der Waals surface area contributed by atoms with Crippen molar-refractivity contribution in [1.82, 2.24) is 10.2 Å². The number of nitrogens with zero attached hydrogens (tertiary/aromatic N) is 1. The quantitative estimate of drug-likeness (QED) is 0.542. The Kier molecular flexibility index (Phi) is 7.30. The lowest BCUT2D eigenvalue weighted by Gasteiger charge is -2.33. The van der Waals surface area contributed by atoms with Crippen LogP contribution in [0.1, 0.15) is 30.1 Å². The van der Waals surface area contributed by atoms with Gasteiger partial charge in [0.25, 0.3) is 0 Å². The molecule has 1 heterocycles. The van der Waals surface area contributed by atoms with E-state index in [2.05, 4.69) is 10.6 Å². The van der Waals surface area contributed by atoms with Crippen molar-refractivity contribution in [2.24, 2.45) is 5.73 Å². The molecule has 1 unspecified atom stereocenters. The highest BCUT2D eigenvalue weighted by molar-refractivity contribution is 5.97. The Morgan fingerprint density at radius 3 is 2.85 bits per heavy atom. The first-order valence-electron chi connectivity index (χ1n) is 8.77. The molecule has 1 aliphatic heterocycles. The number of rotatable bonds is 8. The fraction of sp³-hybridized carbons (Fsp3) is 0.444. The molecule has 1 aromatic rings. The van der Waals surface area contributed by atoms with Crippen LogP contribution in [0.25, 0.3) is 0 Å². The van der Waals surface area contributed by atoms with Gasteiger partial charge >= 0.3 is 5.97 Å². The molecule has 1 atom stereocenters. The minimum atomic E-state index is -0.759. The number of hydrogen-bond donors (Lipinski definition) is 3. The molecular formula is C18H24N4O5. The lowest BCUT2D eigenvalue weighted by Crippen LogP contribution is -2.57. The van der Waals surface area contributed by atoms with E-state index in [9.17, 15) is 19.2 Å². The second-order valence-electron chi connectivity index (χ2n) is 6.20. The predicted octanol–water partition coefficient (Wildman–Crippen LogP) is -0.132. The summed E-state index contributed by atoms with van der Waals surface area (Å²) >= 11 is 0. The van der Waals surface area contributed by atoms with Gasteiger partial charge in [0, 0.05) is 24.3 Å². The average molecular weight is 376 g/mol. The number of carbonyl (C=O) groups excluding carboxylic acids is 4. The summed E-state index contributed by atoms with van der Waals surface area (Å²) in [5.74, 6) is -1.74. The maximum atomic E-state index is 12.4. The van der Waals surface area contributed by atoms with Gasteiger partial charge in [0.05, 0.1) is 19.6 Å². The largest absolute Gasteiger partial charge is 0.466 e. The summed E-state index contributed by atoms with van der Waals surface area (Å²) in [6.07, 6.45) is 0.579. The van der Waals surface area contributed by atoms with Gasteiger partial charge in [0.1, 0.15) is 6.04 Å². The Morgan fingerprint density at radius 2 is 2.15 bits per heavy atom. The zero-order valence-corrected chi connectivity index (χ0v) is 15.2. The number of hydrogen-bond acceptors (Lipinski definition) is 6. The van der Waals surface area contributed by atoms with Crippen LogP contribution in [-0.2, 0) is 19.1 Å². The molecule has 0 radical (unpaired) electrons. The third-order valence-electron chi connectivity index (χ3n) is 4.05. The summed E-state index contributed by atoms with van der Waals surface area (Å²) in [6, 6.07) is 5.50. The number of ether oxygens (including phenoxy) is 1. The second kappa shape index (κ2) is 9.67. The SMILES string of the molecule is CCCOC(=O)CC1C(=O)NCCN1CC(=O)Nc1cccc(C(N)=O)c1. The van der Waals surface area contributed by atoms with Crippen molar-refractivity contribution >= 4 is 29.4 Å². The van der Waals surface area contributed by atoms with E-state index in [-0.39, 0.29) is 30.3 Å². The van der Waals surface area contributed by atoms with Crippen LogP contribution in [0.2, 0.25) is 0 Å². The number of nitrogens with two attached hydrogens (primary N) is 1. The minimum Gasteiger partial charge on any atom is -0.466 e. The zero-order chi connectivity index (χ0) is 19.8. The molecule has 27 heavy (non-hydrogen) atoms. The van der Waals surface area contributed by atoms with Crippen LogP contribution >= 0.6 is 0 Å². The number of piperazine rings is 1. The van der Waals surface area contributed by atoms with E-state index in [4.69, 9.17) is 10.5 Å². The molecular weight excluding hydrogens is 352 g/mol. The van der Waals surface area contributed by atoms with Crippen molar-refractivity contribution in [2.45, 2.75) is 25.8 Å². The molecule has 4 N–H and O–H groups in total. The van der Waals surface area contributed by atoms with Crippen LogP contribution in [0.15, 0.2) is 24.3 Å². The van der Waals surface area contributed by atoms with Crippen LogP contribution in [0.4, 0.5) is 5.69 Å². The molecule has 3 amide bonds. The maximum Gasteiger partial charge on any atom is 0.307 e. The summed E-state index contributed by atoms with van der Waals surface area (Å²) in [7, 11) is 0. The van der Waals surface area contributed by atoms with Gasteiger partial charge in [-0.1, -0.05) is 13.0 Å². The summed E-state index contributed by atoms with van der Waals surface area (Å²) in [5, 5.41) is 5.37. The average Bonchev–Trinajstić information content (AvgIpc) is 2.63. The number of primary amides is 1. The number of anilines is 1. The number of carbonyl (C=O) groups is 4. The molecule has 1 saturated heterocycles. The molecule has 1 fully saturated rings. The highest BCUT2D eigenvalue weighted by Crippen LogP contribution is 2.13. The fourth-order valence-electron chi connectivity index (χ4n) is 2.74. The van der Waals surface area contributed by atoms with Crippen LogP contribution < -0.4 is 16.4 Å². The molecule has 9 nitrogen and oxygen atoms in total. The van der Waals surface area contributed by atoms with Gasteiger partial charge in [-0.05, 0) is 24.6 Å². The van der Waals surface area contributed by atoms with Crippen molar-refractivity contribution in [2.75, 3.05) is 31.6 Å². The Labute approximate surface area is 157 Å². The summed E-state index contributed by atoms with van der Waals surface area (Å²) in [4.78, 5) is 49.2. The van der Waals surface area contributed by atoms with Crippen LogP contribution in [0.5, 0.6) is 0 Å². The first-order valence-corrected chi connectivity index (χ1v) is 8.77. The Bertz CT molecular complexity index is 721. The van der Waals surface area contributed by atoms with E-state index in [1.807, 2.05) is 6.92 Å². The molecule has 146 valence electrons. The van der Waals surface area contributed by atoms with Gasteiger partial charge < -0.3 is 21.1 Å². The molecule has 0 aromatic heterocycles. The molecule has 9 heteroatoms. The van der Waals surface area contributed by atoms with Crippen molar-refractivity contribution in [3.8, 4) is 0 Å². The van der Waals surface area contributed by atoms with Crippen LogP contribution in [0, 0.1) is 0 Å². The van der Waals surface area contributed by atoms with Crippen LogP contribution in [0.3, 0.4) is 0 Å². The number of benzene rings is 1.